The van der Waals surface area contributed by atoms with Gasteiger partial charge in [0.15, 0.2) is 11.9 Å². The maximum absolute atomic E-state index is 12.0. The summed E-state index contributed by atoms with van der Waals surface area (Å²) in [5.41, 5.74) is 10.9. The summed E-state index contributed by atoms with van der Waals surface area (Å²) in [5, 5.41) is 52.9. The van der Waals surface area contributed by atoms with E-state index in [1.54, 1.807) is 0 Å². The molecule has 0 fully saturated rings. The third-order valence-electron chi connectivity index (χ3n) is 5.05. The van der Waals surface area contributed by atoms with Gasteiger partial charge in [0.1, 0.15) is 29.9 Å². The number of carboxylic acid groups (broad SMARTS) is 1. The number of nitrogens with two attached hydrogens (primary N) is 2. The molecular weight excluding hydrogens is 484 g/mol. The first-order valence-corrected chi connectivity index (χ1v) is 11.2. The molecule has 15 nitrogen and oxygen atoms in total. The first-order valence-electron chi connectivity index (χ1n) is 11.2. The van der Waals surface area contributed by atoms with Crippen LogP contribution in [0, 0.1) is 0 Å². The number of aliphatic hydroxyl groups is 4. The summed E-state index contributed by atoms with van der Waals surface area (Å²) >= 11 is 0. The number of hydrogen-bond donors (Lipinski definition) is 9. The van der Waals surface area contributed by atoms with E-state index in [-0.39, 0.29) is 56.8 Å². The van der Waals surface area contributed by atoms with Crippen LogP contribution >= 0.6 is 0 Å². The first kappa shape index (κ1) is 33.2. The first-order chi connectivity index (χ1) is 16.7. The van der Waals surface area contributed by atoms with Gasteiger partial charge in [0.2, 0.25) is 5.91 Å². The zero-order valence-corrected chi connectivity index (χ0v) is 20.0. The van der Waals surface area contributed by atoms with E-state index in [4.69, 9.17) is 16.6 Å². The van der Waals surface area contributed by atoms with Crippen LogP contribution in [0.5, 0.6) is 0 Å². The predicted molar refractivity (Wildman–Crippen MR) is 122 cm³/mol. The molecular formula is C21H36N4O11. The molecule has 206 valence electrons. The fourth-order valence-corrected chi connectivity index (χ4v) is 2.94. The highest BCUT2D eigenvalue weighted by atomic mass is 16.4. The standard InChI is InChI=1S/C21H36N4O11/c1-10(26)8-11(22)13(27)4-2-7-25-21(36)19(34)18(33)17(32)16(31)14(28)5-3-6-24-20(35)12(23)9-15(29)30/h11-12,16-19,31-34H,2-9,22-23H2,1H3,(H,24,35)(H,25,36)(H,29,30)/t11?,12?,16-,17+,18+,19-/m1/s1. The summed E-state index contributed by atoms with van der Waals surface area (Å²) in [4.78, 5) is 68.8. The topological polar surface area (TPSA) is 280 Å². The van der Waals surface area contributed by atoms with Crippen LogP contribution in [0.25, 0.3) is 0 Å². The maximum Gasteiger partial charge on any atom is 0.305 e. The average Bonchev–Trinajstić information content (AvgIpc) is 2.80. The summed E-state index contributed by atoms with van der Waals surface area (Å²) in [6, 6.07) is -2.23. The number of nitrogens with one attached hydrogen (secondary N) is 2. The number of ketones is 3. The van der Waals surface area contributed by atoms with Crippen molar-refractivity contribution in [3.8, 4) is 0 Å². The average molecular weight is 521 g/mol. The summed E-state index contributed by atoms with van der Waals surface area (Å²) < 4.78 is 0. The Morgan fingerprint density at radius 2 is 1.17 bits per heavy atom. The molecule has 0 heterocycles. The van der Waals surface area contributed by atoms with Crippen LogP contribution in [0.4, 0.5) is 0 Å². The molecule has 0 aromatic carbocycles. The fraction of sp³-hybridized carbons (Fsp3) is 0.714. The number of aliphatic carboxylic acids is 1. The third kappa shape index (κ3) is 12.8. The van der Waals surface area contributed by atoms with Gasteiger partial charge in [0.05, 0.1) is 18.5 Å². The molecule has 15 heteroatoms. The second-order valence-corrected chi connectivity index (χ2v) is 8.31. The van der Waals surface area contributed by atoms with Crippen molar-refractivity contribution in [2.75, 3.05) is 13.1 Å². The SMILES string of the molecule is CC(=O)CC(N)C(=O)CCCNC(=O)[C@H](O)[C@@H](O)[C@@H](O)[C@H](O)C(=O)CCCNC(=O)C(N)CC(=O)O. The van der Waals surface area contributed by atoms with E-state index in [0.29, 0.717) is 0 Å². The molecule has 0 spiro atoms. The summed E-state index contributed by atoms with van der Waals surface area (Å²) in [5.74, 6) is -4.72. The van der Waals surface area contributed by atoms with Crippen LogP contribution in [0.15, 0.2) is 0 Å². The van der Waals surface area contributed by atoms with E-state index >= 15 is 0 Å². The molecule has 11 N–H and O–H groups in total. The van der Waals surface area contributed by atoms with Gasteiger partial charge in [0, 0.05) is 32.4 Å². The Morgan fingerprint density at radius 3 is 1.67 bits per heavy atom. The number of rotatable bonds is 19. The largest absolute Gasteiger partial charge is 0.481 e. The molecule has 0 aliphatic carbocycles. The van der Waals surface area contributed by atoms with E-state index in [0.717, 1.165) is 0 Å². The van der Waals surface area contributed by atoms with Gasteiger partial charge in [-0.2, -0.15) is 0 Å². The number of carboxylic acids is 1. The fourth-order valence-electron chi connectivity index (χ4n) is 2.94. The molecule has 0 saturated carbocycles. The second kappa shape index (κ2) is 16.8. The Hall–Kier alpha value is -2.82. The van der Waals surface area contributed by atoms with Crippen LogP contribution in [0.3, 0.4) is 0 Å². The van der Waals surface area contributed by atoms with E-state index in [1.165, 1.54) is 6.92 Å². The quantitative estimate of drug-likeness (QED) is 0.0726. The number of carbonyl (C=O) groups is 6. The van der Waals surface area contributed by atoms with Crippen LogP contribution in [-0.4, -0.2) is 110 Å². The van der Waals surface area contributed by atoms with Crippen molar-refractivity contribution in [1.82, 2.24) is 10.6 Å². The van der Waals surface area contributed by atoms with E-state index in [1.807, 2.05) is 0 Å². The minimum atomic E-state index is -2.22. The normalized spacial score (nSPS) is 16.1. The number of amides is 2. The number of hydrogen-bond acceptors (Lipinski definition) is 12. The Morgan fingerprint density at radius 1 is 0.694 bits per heavy atom. The zero-order valence-electron chi connectivity index (χ0n) is 20.0. The monoisotopic (exact) mass is 520 g/mol. The number of Topliss-reactive ketones (excluding diaryl/α,β-unsaturated/α-hetero) is 3. The molecule has 0 radical (unpaired) electrons. The van der Waals surface area contributed by atoms with Crippen molar-refractivity contribution >= 4 is 35.1 Å². The molecule has 0 aromatic rings. The van der Waals surface area contributed by atoms with Gasteiger partial charge in [-0.25, -0.2) is 0 Å². The number of carbonyl (C=O) groups excluding carboxylic acids is 5. The molecule has 0 bridgehead atoms. The van der Waals surface area contributed by atoms with Gasteiger partial charge < -0.3 is 47.6 Å². The molecule has 36 heavy (non-hydrogen) atoms. The van der Waals surface area contributed by atoms with Crippen molar-refractivity contribution in [2.45, 2.75) is 81.9 Å². The smallest absolute Gasteiger partial charge is 0.305 e. The molecule has 0 saturated heterocycles. The zero-order chi connectivity index (χ0) is 28.0. The molecule has 0 aliphatic heterocycles. The Bertz CT molecular complexity index is 728. The van der Waals surface area contributed by atoms with Crippen molar-refractivity contribution in [2.24, 2.45) is 11.5 Å². The van der Waals surface area contributed by atoms with Crippen molar-refractivity contribution < 1.29 is 54.3 Å². The minimum Gasteiger partial charge on any atom is -0.481 e. The van der Waals surface area contributed by atoms with Gasteiger partial charge in [0.25, 0.3) is 5.91 Å². The summed E-state index contributed by atoms with van der Waals surface area (Å²) in [7, 11) is 0. The van der Waals surface area contributed by atoms with E-state index < -0.39 is 66.5 Å². The van der Waals surface area contributed by atoms with Gasteiger partial charge in [-0.1, -0.05) is 0 Å². The molecule has 2 unspecified atom stereocenters. The highest BCUT2D eigenvalue weighted by Gasteiger charge is 2.37. The third-order valence-corrected chi connectivity index (χ3v) is 5.05. The van der Waals surface area contributed by atoms with Gasteiger partial charge in [-0.15, -0.1) is 0 Å². The Kier molecular flexibility index (Phi) is 15.5. The molecule has 0 aliphatic rings. The molecule has 0 aromatic heterocycles. The minimum absolute atomic E-state index is 0.0118. The van der Waals surface area contributed by atoms with E-state index in [9.17, 15) is 49.2 Å². The molecule has 6 atom stereocenters. The highest BCUT2D eigenvalue weighted by Crippen LogP contribution is 2.09. The van der Waals surface area contributed by atoms with Crippen molar-refractivity contribution in [3.63, 3.8) is 0 Å². The van der Waals surface area contributed by atoms with Gasteiger partial charge in [-0.3, -0.25) is 28.8 Å². The van der Waals surface area contributed by atoms with Crippen molar-refractivity contribution in [3.05, 3.63) is 0 Å². The molecule has 2 amide bonds. The summed E-state index contributed by atoms with van der Waals surface area (Å²) in [6.07, 6.45) is -9.76. The second-order valence-electron chi connectivity index (χ2n) is 8.31. The maximum atomic E-state index is 12.0. The van der Waals surface area contributed by atoms with Crippen LogP contribution in [0.2, 0.25) is 0 Å². The molecule has 0 rings (SSSR count). The summed E-state index contributed by atoms with van der Waals surface area (Å²) in [6.45, 7) is 1.11. The van der Waals surface area contributed by atoms with Gasteiger partial charge >= 0.3 is 5.97 Å². The van der Waals surface area contributed by atoms with E-state index in [2.05, 4.69) is 10.6 Å². The lowest BCUT2D eigenvalue weighted by Gasteiger charge is -2.25. The Labute approximate surface area is 207 Å². The van der Waals surface area contributed by atoms with Crippen molar-refractivity contribution in [1.29, 1.82) is 0 Å². The van der Waals surface area contributed by atoms with Gasteiger partial charge in [-0.05, 0) is 19.8 Å². The highest BCUT2D eigenvalue weighted by molar-refractivity contribution is 5.89. The van der Waals surface area contributed by atoms with Crippen LogP contribution in [-0.2, 0) is 28.8 Å². The lowest BCUT2D eigenvalue weighted by atomic mass is 9.97. The Balaban J connectivity index is 4.42. The lowest BCUT2D eigenvalue weighted by molar-refractivity contribution is -0.154. The lowest BCUT2D eigenvalue weighted by Crippen LogP contribution is -2.52. The number of aliphatic hydroxyl groups excluding tert-OH is 4. The van der Waals surface area contributed by atoms with Crippen LogP contribution < -0.4 is 22.1 Å². The van der Waals surface area contributed by atoms with Crippen LogP contribution in [0.1, 0.15) is 45.4 Å². The predicted octanol–water partition coefficient (Wildman–Crippen LogP) is -4.53.